The van der Waals surface area contributed by atoms with Crippen molar-refractivity contribution in [2.45, 2.75) is 90.5 Å². The summed E-state index contributed by atoms with van der Waals surface area (Å²) in [5.74, 6) is -1.16. The number of benzene rings is 4. The number of rotatable bonds is 10. The van der Waals surface area contributed by atoms with Crippen molar-refractivity contribution in [3.63, 3.8) is 0 Å². The molecule has 2 aliphatic heterocycles. The summed E-state index contributed by atoms with van der Waals surface area (Å²) in [6, 6.07) is 23.5. The first-order chi connectivity index (χ1) is 37.3. The molecular formula is C62H64F4N8O4. The molecule has 16 heteroatoms. The van der Waals surface area contributed by atoms with Crippen molar-refractivity contribution in [3.8, 4) is 22.5 Å². The molecular weight excluding hydrogens is 997 g/mol. The number of hydrogen-bond acceptors (Lipinski definition) is 8. The standard InChI is InChI=1S/2C31H32F2N4O2/c2*1-18-29(36(4)17-35-18)21-13-27-28(34-16-21)23-14-25(33)24(31(2,3)38)15-26(23)37(27)30(20-9-11-39-12-10-20)19-5-7-22(32)8-6-19/h2*5-8,13-17,20,30,38H,9-12H2,1-4H3. The lowest BCUT2D eigenvalue weighted by atomic mass is 9.86. The Morgan fingerprint density at radius 3 is 1.19 bits per heavy atom. The monoisotopic (exact) mass is 1060 g/mol. The van der Waals surface area contributed by atoms with Crippen LogP contribution in [-0.4, -0.2) is 74.8 Å². The molecule has 12 nitrogen and oxygen atoms in total. The number of pyridine rings is 2. The van der Waals surface area contributed by atoms with E-state index in [9.17, 15) is 19.0 Å². The van der Waals surface area contributed by atoms with Crippen molar-refractivity contribution in [1.82, 2.24) is 38.2 Å². The Hall–Kier alpha value is -7.24. The molecule has 8 heterocycles. The molecule has 0 bridgehead atoms. The van der Waals surface area contributed by atoms with Crippen LogP contribution in [0.2, 0.25) is 0 Å². The first kappa shape index (κ1) is 52.8. The van der Waals surface area contributed by atoms with E-state index < -0.39 is 22.8 Å². The van der Waals surface area contributed by atoms with Crippen molar-refractivity contribution in [1.29, 1.82) is 0 Å². The number of hydrogen-bond donors (Lipinski definition) is 2. The van der Waals surface area contributed by atoms with Crippen LogP contribution in [0.1, 0.15) is 99.1 Å². The van der Waals surface area contributed by atoms with Gasteiger partial charge in [-0.25, -0.2) is 27.5 Å². The van der Waals surface area contributed by atoms with Gasteiger partial charge in [-0.15, -0.1) is 0 Å². The van der Waals surface area contributed by atoms with E-state index >= 15 is 8.78 Å². The lowest BCUT2D eigenvalue weighted by Gasteiger charge is -2.33. The van der Waals surface area contributed by atoms with E-state index in [0.717, 1.165) is 92.8 Å². The maximum atomic E-state index is 15.4. The number of fused-ring (bicyclic) bond motifs is 6. The predicted molar refractivity (Wildman–Crippen MR) is 295 cm³/mol. The SMILES string of the molecule is Cc1ncn(C)c1-c1cnc2c3cc(F)c(C(C)(C)O)cc3n(C(c3ccc(F)cc3)C3CCOCC3)c2c1.Cc1ncn(C)c1-c1cnc2c3cc(F)c(C(C)(C)O)cc3n(C(c3ccc(F)cc3)C3CCOCC3)c2c1. The van der Waals surface area contributed by atoms with Gasteiger partial charge in [-0.3, -0.25) is 9.97 Å². The number of aliphatic hydroxyl groups is 2. The van der Waals surface area contributed by atoms with Gasteiger partial charge in [0.1, 0.15) is 23.3 Å². The van der Waals surface area contributed by atoms with Gasteiger partial charge in [0, 0.05) is 85.9 Å². The maximum Gasteiger partial charge on any atom is 0.130 e. The highest BCUT2D eigenvalue weighted by Gasteiger charge is 2.35. The van der Waals surface area contributed by atoms with Crippen molar-refractivity contribution in [2.75, 3.05) is 26.4 Å². The first-order valence-electron chi connectivity index (χ1n) is 26.6. The van der Waals surface area contributed by atoms with E-state index in [2.05, 4.69) is 31.2 Å². The zero-order valence-corrected chi connectivity index (χ0v) is 45.2. The second-order valence-electron chi connectivity index (χ2n) is 22.2. The fraction of sp³-hybridized carbons (Fsp3) is 0.355. The smallest absolute Gasteiger partial charge is 0.130 e. The predicted octanol–water partition coefficient (Wildman–Crippen LogP) is 12.8. The molecule has 0 radical (unpaired) electrons. The second-order valence-corrected chi connectivity index (χ2v) is 22.2. The molecule has 0 amide bonds. The van der Waals surface area contributed by atoms with Crippen LogP contribution in [0.5, 0.6) is 0 Å². The fourth-order valence-electron chi connectivity index (χ4n) is 12.2. The van der Waals surface area contributed by atoms with E-state index in [0.29, 0.717) is 48.2 Å². The van der Waals surface area contributed by atoms with Gasteiger partial charge in [0.25, 0.3) is 0 Å². The molecule has 2 N–H and O–H groups in total. The summed E-state index contributed by atoms with van der Waals surface area (Å²) in [6.07, 6.45) is 10.5. The summed E-state index contributed by atoms with van der Waals surface area (Å²) in [5, 5.41) is 23.0. The highest BCUT2D eigenvalue weighted by atomic mass is 19.1. The second kappa shape index (κ2) is 20.5. The number of aryl methyl sites for hydroxylation is 4. The van der Waals surface area contributed by atoms with E-state index in [4.69, 9.17) is 19.4 Å². The van der Waals surface area contributed by atoms with Crippen LogP contribution in [0, 0.1) is 49.0 Å². The highest BCUT2D eigenvalue weighted by Crippen LogP contribution is 2.45. The van der Waals surface area contributed by atoms with Crippen LogP contribution in [0.4, 0.5) is 17.6 Å². The Morgan fingerprint density at radius 1 is 0.513 bits per heavy atom. The van der Waals surface area contributed by atoms with Crippen molar-refractivity contribution in [2.24, 2.45) is 25.9 Å². The Morgan fingerprint density at radius 2 is 0.872 bits per heavy atom. The van der Waals surface area contributed by atoms with E-state index in [1.54, 1.807) is 64.9 Å². The number of halogens is 4. The van der Waals surface area contributed by atoms with Gasteiger partial charge in [-0.05, 0) is 151 Å². The largest absolute Gasteiger partial charge is 0.386 e. The minimum atomic E-state index is -1.38. The van der Waals surface area contributed by atoms with Gasteiger partial charge < -0.3 is 38.0 Å². The zero-order chi connectivity index (χ0) is 54.9. The number of imidazole rings is 2. The van der Waals surface area contributed by atoms with Crippen molar-refractivity contribution in [3.05, 3.63) is 167 Å². The number of ether oxygens (including phenoxy) is 2. The molecule has 0 saturated carbocycles. The topological polar surface area (TPSA) is 130 Å². The third-order valence-corrected chi connectivity index (χ3v) is 16.0. The molecule has 6 aromatic heterocycles. The highest BCUT2D eigenvalue weighted by molar-refractivity contribution is 6.08. The molecule has 2 saturated heterocycles. The van der Waals surface area contributed by atoms with Crippen LogP contribution >= 0.6 is 0 Å². The van der Waals surface area contributed by atoms with Gasteiger partial charge in [0.15, 0.2) is 0 Å². The fourth-order valence-corrected chi connectivity index (χ4v) is 12.2. The van der Waals surface area contributed by atoms with Crippen LogP contribution in [0.15, 0.2) is 110 Å². The number of nitrogens with zero attached hydrogens (tertiary/aromatic N) is 8. The Balaban J connectivity index is 0.000000165. The van der Waals surface area contributed by atoms with Gasteiger partial charge in [0.2, 0.25) is 0 Å². The van der Waals surface area contributed by atoms with E-state index in [1.165, 1.54) is 36.4 Å². The molecule has 78 heavy (non-hydrogen) atoms. The summed E-state index contributed by atoms with van der Waals surface area (Å²) in [7, 11) is 3.90. The molecule has 2 aliphatic rings. The van der Waals surface area contributed by atoms with Crippen LogP contribution < -0.4 is 0 Å². The number of aromatic nitrogens is 8. The summed E-state index contributed by atoms with van der Waals surface area (Å²) in [6.45, 7) is 12.8. The molecule has 0 aliphatic carbocycles. The lowest BCUT2D eigenvalue weighted by molar-refractivity contribution is 0.0551. The van der Waals surface area contributed by atoms with Gasteiger partial charge in [-0.1, -0.05) is 24.3 Å². The minimum absolute atomic E-state index is 0.181. The summed E-state index contributed by atoms with van der Waals surface area (Å²) in [4.78, 5) is 18.6. The molecule has 2 atom stereocenters. The third kappa shape index (κ3) is 9.66. The normalized spacial score (nSPS) is 15.9. The van der Waals surface area contributed by atoms with Gasteiger partial charge in [0.05, 0.1) is 91.8 Å². The Labute approximate surface area is 449 Å². The summed E-state index contributed by atoms with van der Waals surface area (Å²) in [5.41, 5.74) is 9.64. The van der Waals surface area contributed by atoms with Gasteiger partial charge in [-0.2, -0.15) is 0 Å². The Kier molecular flexibility index (Phi) is 13.9. The van der Waals surface area contributed by atoms with E-state index in [1.807, 2.05) is 61.3 Å². The molecule has 10 aromatic rings. The minimum Gasteiger partial charge on any atom is -0.386 e. The molecule has 404 valence electrons. The lowest BCUT2D eigenvalue weighted by Crippen LogP contribution is -2.27. The van der Waals surface area contributed by atoms with Crippen LogP contribution in [0.25, 0.3) is 66.4 Å². The van der Waals surface area contributed by atoms with E-state index in [-0.39, 0.29) is 46.7 Å². The average molecular weight is 1060 g/mol. The van der Waals surface area contributed by atoms with Gasteiger partial charge >= 0.3 is 0 Å². The van der Waals surface area contributed by atoms with Crippen molar-refractivity contribution < 1.29 is 37.2 Å². The quantitative estimate of drug-likeness (QED) is 0.130. The maximum absolute atomic E-state index is 15.4. The summed E-state index contributed by atoms with van der Waals surface area (Å²) < 4.78 is 78.7. The molecule has 0 spiro atoms. The average Bonchev–Trinajstić information content (AvgIpc) is 4.27. The van der Waals surface area contributed by atoms with Crippen LogP contribution in [-0.2, 0) is 34.8 Å². The third-order valence-electron chi connectivity index (χ3n) is 16.0. The van der Waals surface area contributed by atoms with Crippen molar-refractivity contribution >= 4 is 43.9 Å². The molecule has 4 aromatic carbocycles. The molecule has 12 rings (SSSR count). The molecule has 2 unspecified atom stereocenters. The van der Waals surface area contributed by atoms with Crippen LogP contribution in [0.3, 0.4) is 0 Å². The Bertz CT molecular complexity index is 3560. The molecule has 2 fully saturated rings. The first-order valence-corrected chi connectivity index (χ1v) is 26.6. The zero-order valence-electron chi connectivity index (χ0n) is 45.2. The summed E-state index contributed by atoms with van der Waals surface area (Å²) >= 11 is 0.